The van der Waals surface area contributed by atoms with Crippen LogP contribution in [0.5, 0.6) is 0 Å². The summed E-state index contributed by atoms with van der Waals surface area (Å²) in [5, 5.41) is 2.58. The summed E-state index contributed by atoms with van der Waals surface area (Å²) >= 11 is 0. The van der Waals surface area contributed by atoms with E-state index in [9.17, 15) is 9.59 Å². The Morgan fingerprint density at radius 2 is 1.89 bits per heavy atom. The van der Waals surface area contributed by atoms with E-state index in [-0.39, 0.29) is 6.10 Å². The van der Waals surface area contributed by atoms with E-state index in [0.29, 0.717) is 39.5 Å². The van der Waals surface area contributed by atoms with Crippen molar-refractivity contribution >= 4 is 12.1 Å². The molecule has 0 saturated carbocycles. The first-order chi connectivity index (χ1) is 13.1. The SMILES string of the molecule is COC(=O)[C@H](CN1CC(OCCCC2(C)OCCO2)C1)NC(=O)OC(C)(C)C. The number of carbonyl (C=O) groups is 2. The van der Waals surface area contributed by atoms with Crippen molar-refractivity contribution in [1.29, 1.82) is 0 Å². The number of methoxy groups -OCH3 is 1. The zero-order valence-electron chi connectivity index (χ0n) is 17.6. The van der Waals surface area contributed by atoms with Gasteiger partial charge in [-0.05, 0) is 34.1 Å². The predicted molar refractivity (Wildman–Crippen MR) is 101 cm³/mol. The first kappa shape index (κ1) is 22.9. The fraction of sp³-hybridized carbons (Fsp3) is 0.895. The maximum Gasteiger partial charge on any atom is 0.408 e. The van der Waals surface area contributed by atoms with Crippen molar-refractivity contribution in [3.05, 3.63) is 0 Å². The van der Waals surface area contributed by atoms with Crippen molar-refractivity contribution < 1.29 is 33.3 Å². The second kappa shape index (κ2) is 9.87. The highest BCUT2D eigenvalue weighted by Crippen LogP contribution is 2.24. The second-order valence-electron chi connectivity index (χ2n) is 8.37. The molecule has 9 heteroatoms. The number of esters is 1. The van der Waals surface area contributed by atoms with Gasteiger partial charge in [-0.25, -0.2) is 9.59 Å². The van der Waals surface area contributed by atoms with Crippen LogP contribution in [0, 0.1) is 0 Å². The van der Waals surface area contributed by atoms with E-state index in [1.165, 1.54) is 7.11 Å². The van der Waals surface area contributed by atoms with Gasteiger partial charge in [-0.2, -0.15) is 0 Å². The average Bonchev–Trinajstić information content (AvgIpc) is 2.99. The molecule has 1 atom stereocenters. The van der Waals surface area contributed by atoms with Crippen LogP contribution in [0.2, 0.25) is 0 Å². The number of hydrogen-bond donors (Lipinski definition) is 1. The van der Waals surface area contributed by atoms with Crippen molar-refractivity contribution in [2.24, 2.45) is 0 Å². The molecule has 162 valence electrons. The molecule has 0 radical (unpaired) electrons. The van der Waals surface area contributed by atoms with Crippen LogP contribution < -0.4 is 5.32 Å². The number of rotatable bonds is 9. The Balaban J connectivity index is 1.65. The van der Waals surface area contributed by atoms with Crippen LogP contribution in [0.3, 0.4) is 0 Å². The lowest BCUT2D eigenvalue weighted by atomic mass is 10.1. The van der Waals surface area contributed by atoms with E-state index in [1.807, 2.05) is 11.8 Å². The normalized spacial score (nSPS) is 21.0. The maximum absolute atomic E-state index is 12.0. The summed E-state index contributed by atoms with van der Waals surface area (Å²) in [6.45, 7) is 10.9. The van der Waals surface area contributed by atoms with Gasteiger partial charge < -0.3 is 29.0 Å². The molecule has 0 aromatic heterocycles. The van der Waals surface area contributed by atoms with Gasteiger partial charge in [0.05, 0.1) is 26.4 Å². The molecule has 2 aliphatic rings. The Bertz CT molecular complexity index is 523. The van der Waals surface area contributed by atoms with E-state index in [0.717, 1.165) is 12.8 Å². The summed E-state index contributed by atoms with van der Waals surface area (Å²) in [7, 11) is 1.30. The topological polar surface area (TPSA) is 95.6 Å². The number of alkyl carbamates (subject to hydrolysis) is 1. The monoisotopic (exact) mass is 402 g/mol. The molecular weight excluding hydrogens is 368 g/mol. The third kappa shape index (κ3) is 7.54. The van der Waals surface area contributed by atoms with Gasteiger partial charge in [0.25, 0.3) is 0 Å². The van der Waals surface area contributed by atoms with Gasteiger partial charge in [0.2, 0.25) is 0 Å². The Kier molecular flexibility index (Phi) is 8.06. The molecule has 0 bridgehead atoms. The molecule has 2 saturated heterocycles. The third-order valence-corrected chi connectivity index (χ3v) is 4.57. The number of nitrogens with zero attached hydrogens (tertiary/aromatic N) is 1. The van der Waals surface area contributed by atoms with Gasteiger partial charge in [-0.15, -0.1) is 0 Å². The Labute approximate surface area is 166 Å². The highest BCUT2D eigenvalue weighted by atomic mass is 16.7. The number of amides is 1. The van der Waals surface area contributed by atoms with Crippen LogP contribution in [0.1, 0.15) is 40.5 Å². The van der Waals surface area contributed by atoms with Crippen molar-refractivity contribution in [2.45, 2.75) is 64.1 Å². The molecule has 2 fully saturated rings. The van der Waals surface area contributed by atoms with Crippen LogP contribution in [0.15, 0.2) is 0 Å². The largest absolute Gasteiger partial charge is 0.467 e. The molecule has 0 aromatic rings. The van der Waals surface area contributed by atoms with Gasteiger partial charge >= 0.3 is 12.1 Å². The van der Waals surface area contributed by atoms with Crippen molar-refractivity contribution in [1.82, 2.24) is 10.2 Å². The van der Waals surface area contributed by atoms with Crippen LogP contribution in [-0.2, 0) is 28.5 Å². The summed E-state index contributed by atoms with van der Waals surface area (Å²) in [5.74, 6) is -0.976. The third-order valence-electron chi connectivity index (χ3n) is 4.57. The Morgan fingerprint density at radius 1 is 1.25 bits per heavy atom. The lowest BCUT2D eigenvalue weighted by molar-refractivity contribution is -0.152. The number of likely N-dealkylation sites (tertiary alicyclic amines) is 1. The lowest BCUT2D eigenvalue weighted by Gasteiger charge is -2.40. The quantitative estimate of drug-likeness (QED) is 0.455. The van der Waals surface area contributed by atoms with Crippen molar-refractivity contribution in [2.75, 3.05) is 46.6 Å². The zero-order valence-corrected chi connectivity index (χ0v) is 17.6. The highest BCUT2D eigenvalue weighted by molar-refractivity contribution is 5.81. The van der Waals surface area contributed by atoms with E-state index >= 15 is 0 Å². The van der Waals surface area contributed by atoms with Gasteiger partial charge in [-0.1, -0.05) is 0 Å². The number of ether oxygens (including phenoxy) is 5. The molecular formula is C19H34N2O7. The molecule has 0 aliphatic carbocycles. The molecule has 2 heterocycles. The van der Waals surface area contributed by atoms with E-state index in [1.54, 1.807) is 20.8 Å². The van der Waals surface area contributed by atoms with Gasteiger partial charge in [-0.3, -0.25) is 4.90 Å². The standard InChI is InChI=1S/C19H34N2O7/c1-18(2,3)28-17(23)20-15(16(22)24-5)13-21-11-14(12-21)25-8-6-7-19(4)26-9-10-27-19/h14-15H,6-13H2,1-5H3,(H,20,23)/t15-/m0/s1. The molecule has 0 unspecified atom stereocenters. The van der Waals surface area contributed by atoms with E-state index in [2.05, 4.69) is 5.32 Å². The minimum Gasteiger partial charge on any atom is -0.467 e. The molecule has 28 heavy (non-hydrogen) atoms. The summed E-state index contributed by atoms with van der Waals surface area (Å²) in [4.78, 5) is 25.9. The van der Waals surface area contributed by atoms with E-state index < -0.39 is 29.5 Å². The smallest absolute Gasteiger partial charge is 0.408 e. The summed E-state index contributed by atoms with van der Waals surface area (Å²) < 4.78 is 27.0. The Morgan fingerprint density at radius 3 is 2.46 bits per heavy atom. The lowest BCUT2D eigenvalue weighted by Crippen LogP contribution is -2.58. The summed E-state index contributed by atoms with van der Waals surface area (Å²) in [6.07, 6.45) is 1.14. The van der Waals surface area contributed by atoms with E-state index in [4.69, 9.17) is 23.7 Å². The Hall–Kier alpha value is -1.42. The molecule has 0 aromatic carbocycles. The van der Waals surface area contributed by atoms with Crippen LogP contribution in [-0.4, -0.2) is 87.1 Å². The molecule has 0 spiro atoms. The van der Waals surface area contributed by atoms with Crippen LogP contribution in [0.25, 0.3) is 0 Å². The molecule has 2 rings (SSSR count). The zero-order chi connectivity index (χ0) is 20.8. The van der Waals surface area contributed by atoms with Gasteiger partial charge in [0.15, 0.2) is 5.79 Å². The van der Waals surface area contributed by atoms with Crippen molar-refractivity contribution in [3.8, 4) is 0 Å². The molecule has 9 nitrogen and oxygen atoms in total. The fourth-order valence-electron chi connectivity index (χ4n) is 3.15. The molecule has 1 N–H and O–H groups in total. The maximum atomic E-state index is 12.0. The minimum absolute atomic E-state index is 0.123. The summed E-state index contributed by atoms with van der Waals surface area (Å²) in [5.41, 5.74) is -0.633. The van der Waals surface area contributed by atoms with Crippen molar-refractivity contribution in [3.63, 3.8) is 0 Å². The molecule has 1 amide bonds. The second-order valence-corrected chi connectivity index (χ2v) is 8.37. The van der Waals surface area contributed by atoms with Crippen LogP contribution >= 0.6 is 0 Å². The first-order valence-electron chi connectivity index (χ1n) is 9.79. The predicted octanol–water partition coefficient (Wildman–Crippen LogP) is 1.30. The number of nitrogens with one attached hydrogen (secondary N) is 1. The van der Waals surface area contributed by atoms with Gasteiger partial charge in [0.1, 0.15) is 11.6 Å². The highest BCUT2D eigenvalue weighted by Gasteiger charge is 2.34. The number of carbonyl (C=O) groups excluding carboxylic acids is 2. The molecule has 2 aliphatic heterocycles. The number of hydrogen-bond acceptors (Lipinski definition) is 8. The average molecular weight is 402 g/mol. The van der Waals surface area contributed by atoms with Crippen LogP contribution in [0.4, 0.5) is 4.79 Å². The fourth-order valence-corrected chi connectivity index (χ4v) is 3.15. The summed E-state index contributed by atoms with van der Waals surface area (Å²) in [6, 6.07) is -0.780. The van der Waals surface area contributed by atoms with Gasteiger partial charge in [0, 0.05) is 32.7 Å². The minimum atomic E-state index is -0.780. The first-order valence-corrected chi connectivity index (χ1v) is 9.79.